The molecule has 0 spiro atoms. The second-order valence-corrected chi connectivity index (χ2v) is 6.60. The predicted octanol–water partition coefficient (Wildman–Crippen LogP) is 2.17. The van der Waals surface area contributed by atoms with Crippen LogP contribution in [0.3, 0.4) is 0 Å². The zero-order valence-electron chi connectivity index (χ0n) is 15.5. The van der Waals surface area contributed by atoms with Gasteiger partial charge in [-0.1, -0.05) is 6.92 Å². The van der Waals surface area contributed by atoms with E-state index in [1.807, 2.05) is 0 Å². The van der Waals surface area contributed by atoms with Gasteiger partial charge in [0.1, 0.15) is 0 Å². The second-order valence-electron chi connectivity index (χ2n) is 6.60. The number of anilines is 2. The SMILES string of the molecule is CC(CN(C)C(=O)Nc1ccc(NC(=O)NCC2CCCO2)cc1)C(=O)O. The molecule has 0 bridgehead atoms. The van der Waals surface area contributed by atoms with Crippen LogP contribution in [0.4, 0.5) is 21.0 Å². The smallest absolute Gasteiger partial charge is 0.321 e. The third kappa shape index (κ3) is 6.78. The Morgan fingerprint density at radius 1 is 1.22 bits per heavy atom. The number of nitrogens with one attached hydrogen (secondary N) is 3. The number of aliphatic carboxylic acids is 1. The topological polar surface area (TPSA) is 120 Å². The average molecular weight is 378 g/mol. The van der Waals surface area contributed by atoms with E-state index in [4.69, 9.17) is 9.84 Å². The van der Waals surface area contributed by atoms with Gasteiger partial charge in [0, 0.05) is 38.1 Å². The van der Waals surface area contributed by atoms with E-state index < -0.39 is 17.9 Å². The van der Waals surface area contributed by atoms with Crippen LogP contribution in [-0.2, 0) is 9.53 Å². The molecule has 2 rings (SSSR count). The number of rotatable bonds is 7. The van der Waals surface area contributed by atoms with Crippen molar-refractivity contribution in [1.29, 1.82) is 0 Å². The van der Waals surface area contributed by atoms with Gasteiger partial charge in [0.15, 0.2) is 0 Å². The first-order valence-corrected chi connectivity index (χ1v) is 8.86. The molecule has 4 amide bonds. The Morgan fingerprint density at radius 3 is 2.41 bits per heavy atom. The normalized spacial score (nSPS) is 17.0. The molecule has 1 aromatic rings. The lowest BCUT2D eigenvalue weighted by Crippen LogP contribution is -2.36. The van der Waals surface area contributed by atoms with Crippen LogP contribution in [0.5, 0.6) is 0 Å². The van der Waals surface area contributed by atoms with Crippen molar-refractivity contribution >= 4 is 29.4 Å². The molecule has 2 unspecified atom stereocenters. The largest absolute Gasteiger partial charge is 0.481 e. The van der Waals surface area contributed by atoms with Gasteiger partial charge < -0.3 is 30.7 Å². The molecular formula is C18H26N4O5. The number of carboxylic acids is 1. The van der Waals surface area contributed by atoms with E-state index in [0.717, 1.165) is 19.4 Å². The summed E-state index contributed by atoms with van der Waals surface area (Å²) in [6.07, 6.45) is 2.05. The van der Waals surface area contributed by atoms with Crippen LogP contribution in [-0.4, -0.2) is 60.9 Å². The number of nitrogens with zero attached hydrogens (tertiary/aromatic N) is 1. The van der Waals surface area contributed by atoms with Gasteiger partial charge in [-0.25, -0.2) is 9.59 Å². The van der Waals surface area contributed by atoms with Crippen LogP contribution in [0.1, 0.15) is 19.8 Å². The Bertz CT molecular complexity index is 658. The zero-order valence-corrected chi connectivity index (χ0v) is 15.5. The van der Waals surface area contributed by atoms with E-state index in [1.165, 1.54) is 18.9 Å². The van der Waals surface area contributed by atoms with Gasteiger partial charge >= 0.3 is 18.0 Å². The first-order valence-electron chi connectivity index (χ1n) is 8.86. The summed E-state index contributed by atoms with van der Waals surface area (Å²) in [4.78, 5) is 36.1. The fraction of sp³-hybridized carbons (Fsp3) is 0.500. The maximum Gasteiger partial charge on any atom is 0.321 e. The summed E-state index contributed by atoms with van der Waals surface area (Å²) < 4.78 is 5.44. The molecule has 1 aliphatic heterocycles. The van der Waals surface area contributed by atoms with Crippen molar-refractivity contribution in [2.45, 2.75) is 25.9 Å². The number of benzene rings is 1. The van der Waals surface area contributed by atoms with E-state index in [0.29, 0.717) is 17.9 Å². The number of amides is 4. The van der Waals surface area contributed by atoms with Gasteiger partial charge in [0.2, 0.25) is 0 Å². The molecule has 4 N–H and O–H groups in total. The number of carboxylic acid groups (broad SMARTS) is 1. The summed E-state index contributed by atoms with van der Waals surface area (Å²) in [5.41, 5.74) is 1.13. The highest BCUT2D eigenvalue weighted by Gasteiger charge is 2.18. The third-order valence-electron chi connectivity index (χ3n) is 4.22. The van der Waals surface area contributed by atoms with Crippen molar-refractivity contribution in [3.05, 3.63) is 24.3 Å². The van der Waals surface area contributed by atoms with Crippen LogP contribution >= 0.6 is 0 Å². The zero-order chi connectivity index (χ0) is 19.8. The highest BCUT2D eigenvalue weighted by atomic mass is 16.5. The van der Waals surface area contributed by atoms with Crippen LogP contribution in [0, 0.1) is 5.92 Å². The summed E-state index contributed by atoms with van der Waals surface area (Å²) in [6.45, 7) is 2.86. The third-order valence-corrected chi connectivity index (χ3v) is 4.22. The molecule has 9 heteroatoms. The number of carbonyl (C=O) groups excluding carboxylic acids is 2. The first kappa shape index (κ1) is 20.5. The van der Waals surface area contributed by atoms with Gasteiger partial charge in [0.05, 0.1) is 12.0 Å². The van der Waals surface area contributed by atoms with Gasteiger partial charge in [-0.05, 0) is 37.1 Å². The molecule has 1 aromatic carbocycles. The summed E-state index contributed by atoms with van der Waals surface area (Å²) >= 11 is 0. The average Bonchev–Trinajstić information content (AvgIpc) is 3.15. The molecule has 148 valence electrons. The lowest BCUT2D eigenvalue weighted by molar-refractivity contribution is -0.141. The van der Waals surface area contributed by atoms with Crippen molar-refractivity contribution in [3.8, 4) is 0 Å². The molecule has 1 heterocycles. The monoisotopic (exact) mass is 378 g/mol. The minimum absolute atomic E-state index is 0.0779. The summed E-state index contributed by atoms with van der Waals surface area (Å²) in [7, 11) is 1.53. The molecule has 0 aromatic heterocycles. The van der Waals surface area contributed by atoms with Crippen LogP contribution < -0.4 is 16.0 Å². The number of hydrogen-bond donors (Lipinski definition) is 4. The maximum atomic E-state index is 12.1. The lowest BCUT2D eigenvalue weighted by Gasteiger charge is -2.20. The molecule has 2 atom stereocenters. The Morgan fingerprint density at radius 2 is 1.85 bits per heavy atom. The molecule has 1 fully saturated rings. The van der Waals surface area contributed by atoms with E-state index in [-0.39, 0.29) is 18.7 Å². The fourth-order valence-corrected chi connectivity index (χ4v) is 2.61. The summed E-state index contributed by atoms with van der Waals surface area (Å²) in [5.74, 6) is -1.61. The van der Waals surface area contributed by atoms with E-state index in [2.05, 4.69) is 16.0 Å². The van der Waals surface area contributed by atoms with Gasteiger partial charge in [-0.2, -0.15) is 0 Å². The number of hydrogen-bond acceptors (Lipinski definition) is 4. The summed E-state index contributed by atoms with van der Waals surface area (Å²) in [5, 5.41) is 17.1. The highest BCUT2D eigenvalue weighted by molar-refractivity contribution is 5.91. The van der Waals surface area contributed by atoms with E-state index in [9.17, 15) is 14.4 Å². The molecule has 0 aliphatic carbocycles. The van der Waals surface area contributed by atoms with Crippen molar-refractivity contribution < 1.29 is 24.2 Å². The standard InChI is InChI=1S/C18H26N4O5/c1-12(16(23)24)11-22(2)18(26)21-14-7-5-13(6-8-14)20-17(25)19-10-15-4-3-9-27-15/h5-8,12,15H,3-4,9-11H2,1-2H3,(H,21,26)(H,23,24)(H2,19,20,25). The van der Waals surface area contributed by atoms with Crippen LogP contribution in [0.25, 0.3) is 0 Å². The minimum atomic E-state index is -0.956. The van der Waals surface area contributed by atoms with Gasteiger partial charge in [0.25, 0.3) is 0 Å². The molecular weight excluding hydrogens is 352 g/mol. The van der Waals surface area contributed by atoms with Gasteiger partial charge in [-0.15, -0.1) is 0 Å². The molecule has 1 saturated heterocycles. The number of urea groups is 2. The molecule has 0 saturated carbocycles. The van der Waals surface area contributed by atoms with Crippen LogP contribution in [0.2, 0.25) is 0 Å². The minimum Gasteiger partial charge on any atom is -0.481 e. The Kier molecular flexibility index (Phi) is 7.42. The van der Waals surface area contributed by atoms with Gasteiger partial charge in [-0.3, -0.25) is 4.79 Å². The molecule has 9 nitrogen and oxygen atoms in total. The summed E-state index contributed by atoms with van der Waals surface area (Å²) in [6, 6.07) is 5.93. The van der Waals surface area contributed by atoms with E-state index >= 15 is 0 Å². The fourth-order valence-electron chi connectivity index (χ4n) is 2.61. The second kappa shape index (κ2) is 9.77. The van der Waals surface area contributed by atoms with Crippen molar-refractivity contribution in [3.63, 3.8) is 0 Å². The molecule has 0 radical (unpaired) electrons. The van der Waals surface area contributed by atoms with Crippen LogP contribution in [0.15, 0.2) is 24.3 Å². The van der Waals surface area contributed by atoms with E-state index in [1.54, 1.807) is 24.3 Å². The van der Waals surface area contributed by atoms with Crippen molar-refractivity contribution in [1.82, 2.24) is 10.2 Å². The number of carbonyl (C=O) groups is 3. The highest BCUT2D eigenvalue weighted by Crippen LogP contribution is 2.15. The van der Waals surface area contributed by atoms with Crippen molar-refractivity contribution in [2.75, 3.05) is 37.4 Å². The maximum absolute atomic E-state index is 12.1. The quantitative estimate of drug-likeness (QED) is 0.580. The Balaban J connectivity index is 1.77. The van der Waals surface area contributed by atoms with Crippen molar-refractivity contribution in [2.24, 2.45) is 5.92 Å². The Hall–Kier alpha value is -2.81. The molecule has 1 aliphatic rings. The molecule has 27 heavy (non-hydrogen) atoms. The number of ether oxygens (including phenoxy) is 1. The first-order chi connectivity index (χ1) is 12.8. The Labute approximate surface area is 158 Å². The lowest BCUT2D eigenvalue weighted by atomic mass is 10.2. The predicted molar refractivity (Wildman–Crippen MR) is 101 cm³/mol.